The summed E-state index contributed by atoms with van der Waals surface area (Å²) in [6.45, 7) is 0.394. The molecule has 1 amide bonds. The Labute approximate surface area is 81.2 Å². The van der Waals surface area contributed by atoms with Crippen LogP contribution in [0.1, 0.15) is 5.69 Å². The van der Waals surface area contributed by atoms with E-state index in [1.165, 1.54) is 7.11 Å². The van der Waals surface area contributed by atoms with Crippen molar-refractivity contribution in [2.45, 2.75) is 0 Å². The molecule has 0 atom stereocenters. The molecule has 0 spiro atoms. The highest BCUT2D eigenvalue weighted by Crippen LogP contribution is 1.99. The van der Waals surface area contributed by atoms with Gasteiger partial charge in [0, 0.05) is 6.54 Å². The van der Waals surface area contributed by atoms with Crippen molar-refractivity contribution >= 4 is 18.1 Å². The van der Waals surface area contributed by atoms with Gasteiger partial charge in [-0.25, -0.2) is 9.78 Å². The smallest absolute Gasteiger partial charge is 0.407 e. The van der Waals surface area contributed by atoms with Crippen LogP contribution in [-0.4, -0.2) is 29.7 Å². The second kappa shape index (κ2) is 4.90. The molecule has 1 heterocycles. The second-order valence-electron chi connectivity index (χ2n) is 2.50. The SMILES string of the molecule is COC(=O)NCC=Cc1cnc(N)[nH]1. The van der Waals surface area contributed by atoms with E-state index in [4.69, 9.17) is 5.73 Å². The number of nitrogens with two attached hydrogens (primary N) is 1. The molecule has 0 unspecified atom stereocenters. The molecule has 0 aliphatic carbocycles. The Morgan fingerprint density at radius 1 is 1.86 bits per heavy atom. The van der Waals surface area contributed by atoms with Gasteiger partial charge in [0.1, 0.15) is 0 Å². The topological polar surface area (TPSA) is 93.0 Å². The molecular weight excluding hydrogens is 184 g/mol. The predicted octanol–water partition coefficient (Wildman–Crippen LogP) is 0.361. The van der Waals surface area contributed by atoms with Gasteiger partial charge in [0.2, 0.25) is 0 Å². The first-order valence-electron chi connectivity index (χ1n) is 4.01. The first-order chi connectivity index (χ1) is 6.72. The van der Waals surface area contributed by atoms with Gasteiger partial charge in [-0.1, -0.05) is 6.08 Å². The summed E-state index contributed by atoms with van der Waals surface area (Å²) in [5.41, 5.74) is 6.15. The number of amides is 1. The van der Waals surface area contributed by atoms with Crippen molar-refractivity contribution in [1.29, 1.82) is 0 Å². The van der Waals surface area contributed by atoms with E-state index in [1.807, 2.05) is 0 Å². The molecule has 1 rings (SSSR count). The first kappa shape index (κ1) is 10.1. The fourth-order valence-electron chi connectivity index (χ4n) is 0.837. The highest BCUT2D eigenvalue weighted by atomic mass is 16.5. The lowest BCUT2D eigenvalue weighted by molar-refractivity contribution is 0.172. The van der Waals surface area contributed by atoms with Crippen LogP contribution in [0, 0.1) is 0 Å². The minimum Gasteiger partial charge on any atom is -0.453 e. The van der Waals surface area contributed by atoms with Gasteiger partial charge in [-0.3, -0.25) is 0 Å². The number of ether oxygens (including phenoxy) is 1. The molecule has 14 heavy (non-hydrogen) atoms. The number of aromatic amines is 1. The molecule has 0 aliphatic heterocycles. The maximum absolute atomic E-state index is 10.6. The number of nitrogens with zero attached hydrogens (tertiary/aromatic N) is 1. The van der Waals surface area contributed by atoms with E-state index >= 15 is 0 Å². The van der Waals surface area contributed by atoms with Crippen molar-refractivity contribution in [2.24, 2.45) is 0 Å². The quantitative estimate of drug-likeness (QED) is 0.650. The van der Waals surface area contributed by atoms with Crippen LogP contribution in [0.15, 0.2) is 12.3 Å². The fourth-order valence-corrected chi connectivity index (χ4v) is 0.837. The zero-order valence-corrected chi connectivity index (χ0v) is 7.78. The summed E-state index contributed by atoms with van der Waals surface area (Å²) < 4.78 is 4.38. The molecule has 0 fully saturated rings. The Balaban J connectivity index is 2.31. The molecule has 0 aliphatic rings. The van der Waals surface area contributed by atoms with Crippen molar-refractivity contribution in [3.05, 3.63) is 18.0 Å². The molecule has 1 aromatic rings. The van der Waals surface area contributed by atoms with E-state index < -0.39 is 6.09 Å². The molecule has 6 heteroatoms. The van der Waals surface area contributed by atoms with E-state index in [0.717, 1.165) is 5.69 Å². The standard InChI is InChI=1S/C8H12N4O2/c1-14-8(13)10-4-2-3-6-5-11-7(9)12-6/h2-3,5H,4H2,1H3,(H,10,13)(H3,9,11,12). The lowest BCUT2D eigenvalue weighted by Gasteiger charge is -1.97. The third-order valence-electron chi connectivity index (χ3n) is 1.46. The number of carbonyl (C=O) groups is 1. The monoisotopic (exact) mass is 196 g/mol. The Morgan fingerprint density at radius 3 is 3.21 bits per heavy atom. The van der Waals surface area contributed by atoms with Gasteiger partial charge >= 0.3 is 6.09 Å². The van der Waals surface area contributed by atoms with Gasteiger partial charge in [-0.05, 0) is 6.08 Å². The number of H-pyrrole nitrogens is 1. The van der Waals surface area contributed by atoms with Gasteiger partial charge in [0.15, 0.2) is 5.95 Å². The Morgan fingerprint density at radius 2 is 2.64 bits per heavy atom. The molecule has 0 saturated heterocycles. The minimum atomic E-state index is -0.459. The zero-order valence-electron chi connectivity index (χ0n) is 7.78. The van der Waals surface area contributed by atoms with Gasteiger partial charge in [-0.15, -0.1) is 0 Å². The van der Waals surface area contributed by atoms with E-state index in [9.17, 15) is 4.79 Å². The summed E-state index contributed by atoms with van der Waals surface area (Å²) in [5.74, 6) is 0.366. The van der Waals surface area contributed by atoms with Crippen molar-refractivity contribution in [3.8, 4) is 0 Å². The highest BCUT2D eigenvalue weighted by molar-refractivity contribution is 5.67. The summed E-state index contributed by atoms with van der Waals surface area (Å²) in [6.07, 6.45) is 4.66. The normalized spacial score (nSPS) is 10.4. The number of hydrogen-bond acceptors (Lipinski definition) is 4. The number of rotatable bonds is 3. The van der Waals surface area contributed by atoms with Gasteiger partial charge in [-0.2, -0.15) is 0 Å². The summed E-state index contributed by atoms with van der Waals surface area (Å²) in [7, 11) is 1.31. The van der Waals surface area contributed by atoms with Crippen LogP contribution in [0.2, 0.25) is 0 Å². The van der Waals surface area contributed by atoms with Crippen LogP contribution >= 0.6 is 0 Å². The van der Waals surface area contributed by atoms with Crippen LogP contribution < -0.4 is 11.1 Å². The number of imidazole rings is 1. The van der Waals surface area contributed by atoms with Crippen LogP contribution in [0.4, 0.5) is 10.7 Å². The van der Waals surface area contributed by atoms with E-state index in [-0.39, 0.29) is 0 Å². The van der Waals surface area contributed by atoms with Crippen LogP contribution in [-0.2, 0) is 4.74 Å². The number of anilines is 1. The van der Waals surface area contributed by atoms with Crippen LogP contribution in [0.25, 0.3) is 6.08 Å². The van der Waals surface area contributed by atoms with Crippen molar-refractivity contribution in [3.63, 3.8) is 0 Å². The number of hydrogen-bond donors (Lipinski definition) is 3. The summed E-state index contributed by atoms with van der Waals surface area (Å²) >= 11 is 0. The average molecular weight is 196 g/mol. The maximum atomic E-state index is 10.6. The fraction of sp³-hybridized carbons (Fsp3) is 0.250. The van der Waals surface area contributed by atoms with Crippen molar-refractivity contribution < 1.29 is 9.53 Å². The third kappa shape index (κ3) is 3.18. The Hall–Kier alpha value is -1.98. The molecule has 0 radical (unpaired) electrons. The summed E-state index contributed by atoms with van der Waals surface area (Å²) in [4.78, 5) is 17.2. The van der Waals surface area contributed by atoms with E-state index in [0.29, 0.717) is 12.5 Å². The largest absolute Gasteiger partial charge is 0.453 e. The molecule has 4 N–H and O–H groups in total. The average Bonchev–Trinajstić information content (AvgIpc) is 2.58. The second-order valence-corrected chi connectivity index (χ2v) is 2.50. The minimum absolute atomic E-state index is 0.366. The number of aromatic nitrogens is 2. The molecular formula is C8H12N4O2. The molecule has 0 aromatic carbocycles. The number of carbonyl (C=O) groups excluding carboxylic acids is 1. The molecule has 1 aromatic heterocycles. The molecule has 0 saturated carbocycles. The Bertz CT molecular complexity index is 332. The number of methoxy groups -OCH3 is 1. The summed E-state index contributed by atoms with van der Waals surface area (Å²) in [6, 6.07) is 0. The zero-order chi connectivity index (χ0) is 10.4. The molecule has 0 bridgehead atoms. The summed E-state index contributed by atoms with van der Waals surface area (Å²) in [5, 5.41) is 2.50. The lowest BCUT2D eigenvalue weighted by atomic mass is 10.4. The molecule has 6 nitrogen and oxygen atoms in total. The lowest BCUT2D eigenvalue weighted by Crippen LogP contribution is -2.22. The highest BCUT2D eigenvalue weighted by Gasteiger charge is 1.93. The predicted molar refractivity (Wildman–Crippen MR) is 52.4 cm³/mol. The number of nitrogens with one attached hydrogen (secondary N) is 2. The number of alkyl carbamates (subject to hydrolysis) is 1. The van der Waals surface area contributed by atoms with Crippen LogP contribution in [0.5, 0.6) is 0 Å². The van der Waals surface area contributed by atoms with Gasteiger partial charge < -0.3 is 20.8 Å². The molecule has 76 valence electrons. The first-order valence-corrected chi connectivity index (χ1v) is 4.01. The number of nitrogen functional groups attached to an aromatic ring is 1. The van der Waals surface area contributed by atoms with Crippen molar-refractivity contribution in [1.82, 2.24) is 15.3 Å². The van der Waals surface area contributed by atoms with Gasteiger partial charge in [0.05, 0.1) is 19.0 Å². The van der Waals surface area contributed by atoms with Crippen LogP contribution in [0.3, 0.4) is 0 Å². The third-order valence-corrected chi connectivity index (χ3v) is 1.46. The van der Waals surface area contributed by atoms with E-state index in [2.05, 4.69) is 20.0 Å². The maximum Gasteiger partial charge on any atom is 0.407 e. The van der Waals surface area contributed by atoms with Gasteiger partial charge in [0.25, 0.3) is 0 Å². The van der Waals surface area contributed by atoms with Crippen molar-refractivity contribution in [2.75, 3.05) is 19.4 Å². The Kier molecular flexibility index (Phi) is 3.54. The van der Waals surface area contributed by atoms with E-state index in [1.54, 1.807) is 18.3 Å².